The highest BCUT2D eigenvalue weighted by molar-refractivity contribution is 5.69. The van der Waals surface area contributed by atoms with Gasteiger partial charge in [0.05, 0.1) is 7.11 Å². The lowest BCUT2D eigenvalue weighted by molar-refractivity contribution is -0.140. The van der Waals surface area contributed by atoms with Crippen molar-refractivity contribution >= 4 is 5.97 Å². The molecule has 16 heavy (non-hydrogen) atoms. The van der Waals surface area contributed by atoms with Gasteiger partial charge in [-0.05, 0) is 18.1 Å². The Morgan fingerprint density at radius 3 is 2.88 bits per heavy atom. The Balaban J connectivity index is 2.75. The second-order valence-corrected chi connectivity index (χ2v) is 3.19. The average molecular weight is 218 g/mol. The van der Waals surface area contributed by atoms with Gasteiger partial charge in [0.25, 0.3) is 0 Å². The summed E-state index contributed by atoms with van der Waals surface area (Å²) in [5.74, 6) is 5.22. The number of hydrogen-bond donors (Lipinski definition) is 1. The molecule has 1 aromatic rings. The lowest BCUT2D eigenvalue weighted by Crippen LogP contribution is -2.02. The zero-order valence-electron chi connectivity index (χ0n) is 9.19. The number of methoxy groups -OCH3 is 1. The Kier molecular flexibility index (Phi) is 5.10. The van der Waals surface area contributed by atoms with Gasteiger partial charge in [0, 0.05) is 12.0 Å². The molecule has 0 aliphatic rings. The van der Waals surface area contributed by atoms with Crippen molar-refractivity contribution in [1.82, 2.24) is 0 Å². The first-order valence-corrected chi connectivity index (χ1v) is 5.02. The molecule has 84 valence electrons. The summed E-state index contributed by atoms with van der Waals surface area (Å²) in [5.41, 5.74) is 1.84. The van der Waals surface area contributed by atoms with Crippen molar-refractivity contribution in [3.8, 4) is 11.8 Å². The molecule has 0 bridgehead atoms. The van der Waals surface area contributed by atoms with Gasteiger partial charge in [-0.1, -0.05) is 30.0 Å². The zero-order chi connectivity index (χ0) is 11.8. The molecule has 0 fully saturated rings. The summed E-state index contributed by atoms with van der Waals surface area (Å²) in [6.07, 6.45) is 0.942. The topological polar surface area (TPSA) is 46.5 Å². The van der Waals surface area contributed by atoms with Crippen molar-refractivity contribution in [3.63, 3.8) is 0 Å². The molecule has 0 aromatic heterocycles. The van der Waals surface area contributed by atoms with Gasteiger partial charge in [-0.3, -0.25) is 4.79 Å². The highest BCUT2D eigenvalue weighted by atomic mass is 16.5. The van der Waals surface area contributed by atoms with Crippen LogP contribution >= 0.6 is 0 Å². The molecular formula is C13H14O3. The summed E-state index contributed by atoms with van der Waals surface area (Å²) in [6.45, 7) is -0.161. The van der Waals surface area contributed by atoms with E-state index in [1.165, 1.54) is 7.11 Å². The third-order valence-corrected chi connectivity index (χ3v) is 2.15. The minimum absolute atomic E-state index is 0.161. The summed E-state index contributed by atoms with van der Waals surface area (Å²) >= 11 is 0. The van der Waals surface area contributed by atoms with Crippen LogP contribution in [0.5, 0.6) is 0 Å². The van der Waals surface area contributed by atoms with Gasteiger partial charge in [-0.2, -0.15) is 0 Å². The van der Waals surface area contributed by atoms with Gasteiger partial charge >= 0.3 is 5.97 Å². The van der Waals surface area contributed by atoms with Gasteiger partial charge in [0.15, 0.2) is 0 Å². The number of aryl methyl sites for hydroxylation is 1. The van der Waals surface area contributed by atoms with Crippen LogP contribution in [0.4, 0.5) is 0 Å². The third-order valence-electron chi connectivity index (χ3n) is 2.15. The molecule has 3 heteroatoms. The van der Waals surface area contributed by atoms with Crippen LogP contribution in [0, 0.1) is 11.8 Å². The molecule has 0 aliphatic carbocycles. The number of rotatable bonds is 3. The monoisotopic (exact) mass is 218 g/mol. The number of carbonyl (C=O) groups is 1. The molecule has 0 unspecified atom stereocenters. The summed E-state index contributed by atoms with van der Waals surface area (Å²) in [5, 5.41) is 8.63. The molecule has 1 rings (SSSR count). The Hall–Kier alpha value is -1.79. The van der Waals surface area contributed by atoms with E-state index < -0.39 is 0 Å². The van der Waals surface area contributed by atoms with Gasteiger partial charge in [-0.15, -0.1) is 0 Å². The Labute approximate surface area is 95.1 Å². The van der Waals surface area contributed by atoms with Crippen molar-refractivity contribution in [2.45, 2.75) is 12.8 Å². The minimum Gasteiger partial charge on any atom is -0.469 e. The van der Waals surface area contributed by atoms with E-state index in [9.17, 15) is 4.79 Å². The van der Waals surface area contributed by atoms with E-state index in [-0.39, 0.29) is 12.6 Å². The minimum atomic E-state index is -0.232. The first-order chi connectivity index (χ1) is 7.77. The van der Waals surface area contributed by atoms with Crippen molar-refractivity contribution in [1.29, 1.82) is 0 Å². The third kappa shape index (κ3) is 3.76. The van der Waals surface area contributed by atoms with Crippen molar-refractivity contribution in [2.24, 2.45) is 0 Å². The van der Waals surface area contributed by atoms with E-state index >= 15 is 0 Å². The molecule has 0 atom stereocenters. The second kappa shape index (κ2) is 6.65. The van der Waals surface area contributed by atoms with Crippen LogP contribution < -0.4 is 0 Å². The lowest BCUT2D eigenvalue weighted by Gasteiger charge is -2.03. The smallest absolute Gasteiger partial charge is 0.305 e. The summed E-state index contributed by atoms with van der Waals surface area (Å²) in [4.78, 5) is 11.0. The highest BCUT2D eigenvalue weighted by Crippen LogP contribution is 2.10. The highest BCUT2D eigenvalue weighted by Gasteiger charge is 2.03. The van der Waals surface area contributed by atoms with Crippen LogP contribution in [-0.4, -0.2) is 24.8 Å². The maximum Gasteiger partial charge on any atom is 0.305 e. The molecule has 1 aromatic carbocycles. The van der Waals surface area contributed by atoms with E-state index in [1.54, 1.807) is 0 Å². The number of aliphatic hydroxyl groups excluding tert-OH is 1. The standard InChI is InChI=1S/C13H14O3/c1-16-13(15)9-8-12-6-3-2-5-11(12)7-4-10-14/h2-3,5-6,14H,8-10H2,1H3. The molecular weight excluding hydrogens is 204 g/mol. The Morgan fingerprint density at radius 2 is 2.19 bits per heavy atom. The number of aliphatic hydroxyl groups is 1. The second-order valence-electron chi connectivity index (χ2n) is 3.19. The molecule has 0 radical (unpaired) electrons. The fourth-order valence-electron chi connectivity index (χ4n) is 1.33. The molecule has 3 nitrogen and oxygen atoms in total. The number of hydrogen-bond acceptors (Lipinski definition) is 3. The summed E-state index contributed by atoms with van der Waals surface area (Å²) in [7, 11) is 1.37. The average Bonchev–Trinajstić information content (AvgIpc) is 2.34. The number of benzene rings is 1. The van der Waals surface area contributed by atoms with Crippen LogP contribution in [0.2, 0.25) is 0 Å². The van der Waals surface area contributed by atoms with Crippen molar-refractivity contribution < 1.29 is 14.6 Å². The largest absolute Gasteiger partial charge is 0.469 e. The van der Waals surface area contributed by atoms with Crippen molar-refractivity contribution in [3.05, 3.63) is 35.4 Å². The van der Waals surface area contributed by atoms with E-state index in [1.807, 2.05) is 24.3 Å². The molecule has 0 spiro atoms. The molecule has 0 heterocycles. The van der Waals surface area contributed by atoms with E-state index in [4.69, 9.17) is 5.11 Å². The fourth-order valence-corrected chi connectivity index (χ4v) is 1.33. The van der Waals surface area contributed by atoms with Crippen LogP contribution in [0.25, 0.3) is 0 Å². The SMILES string of the molecule is COC(=O)CCc1ccccc1C#CCO. The maximum atomic E-state index is 11.0. The Bertz CT molecular complexity index is 413. The van der Waals surface area contributed by atoms with Crippen LogP contribution in [0.3, 0.4) is 0 Å². The molecule has 1 N–H and O–H groups in total. The van der Waals surface area contributed by atoms with Gasteiger partial charge in [-0.25, -0.2) is 0 Å². The van der Waals surface area contributed by atoms with Crippen LogP contribution in [-0.2, 0) is 16.0 Å². The zero-order valence-corrected chi connectivity index (χ0v) is 9.19. The van der Waals surface area contributed by atoms with Gasteiger partial charge < -0.3 is 9.84 Å². The molecule has 0 saturated carbocycles. The van der Waals surface area contributed by atoms with Gasteiger partial charge in [0.2, 0.25) is 0 Å². The van der Waals surface area contributed by atoms with Gasteiger partial charge in [0.1, 0.15) is 6.61 Å². The Morgan fingerprint density at radius 1 is 1.44 bits per heavy atom. The summed E-state index contributed by atoms with van der Waals surface area (Å²) in [6, 6.07) is 7.57. The molecule has 0 aliphatic heterocycles. The van der Waals surface area contributed by atoms with Crippen LogP contribution in [0.15, 0.2) is 24.3 Å². The number of esters is 1. The number of carbonyl (C=O) groups excluding carboxylic acids is 1. The first kappa shape index (κ1) is 12.3. The predicted octanol–water partition coefficient (Wildman–Crippen LogP) is 1.14. The normalized spacial score (nSPS) is 9.12. The summed E-state index contributed by atoms with van der Waals surface area (Å²) < 4.78 is 4.58. The van der Waals surface area contributed by atoms with E-state index in [0.29, 0.717) is 12.8 Å². The van der Waals surface area contributed by atoms with Crippen LogP contribution in [0.1, 0.15) is 17.5 Å². The van der Waals surface area contributed by atoms with Crippen molar-refractivity contribution in [2.75, 3.05) is 13.7 Å². The lowest BCUT2D eigenvalue weighted by atomic mass is 10.0. The molecule has 0 saturated heterocycles. The van der Waals surface area contributed by atoms with E-state index in [2.05, 4.69) is 16.6 Å². The quantitative estimate of drug-likeness (QED) is 0.611. The maximum absolute atomic E-state index is 11.0. The number of ether oxygens (including phenoxy) is 1. The predicted molar refractivity (Wildman–Crippen MR) is 60.7 cm³/mol. The van der Waals surface area contributed by atoms with E-state index in [0.717, 1.165) is 11.1 Å². The first-order valence-electron chi connectivity index (χ1n) is 5.02. The molecule has 0 amide bonds. The fraction of sp³-hybridized carbons (Fsp3) is 0.308.